The molecule has 0 atom stereocenters. The predicted octanol–water partition coefficient (Wildman–Crippen LogP) is 14.4. The quantitative estimate of drug-likeness (QED) is 0.175. The molecule has 0 amide bonds. The van der Waals surface area contributed by atoms with Crippen molar-refractivity contribution in [2.24, 2.45) is 0 Å². The standard InChI is InChI=1S/C51H29N3O2S/c1-2-12-30(13-3-1)31-14-10-15-32(28-31)49-52-50(33-24-25-35-34-16-4-7-20-41(34)55-43(35)29-33)54-51(53-49)40-27-26-37(47-38-17-5-8-21-42(38)56-48(40)47)36-19-11-23-45-46(36)39-18-6-9-22-44(39)57-45/h1-29H. The van der Waals surface area contributed by atoms with E-state index in [0.29, 0.717) is 17.5 Å². The van der Waals surface area contributed by atoms with E-state index in [1.807, 2.05) is 53.8 Å². The smallest absolute Gasteiger partial charge is 0.167 e. The van der Waals surface area contributed by atoms with Crippen molar-refractivity contribution in [1.82, 2.24) is 15.0 Å². The van der Waals surface area contributed by atoms with E-state index in [1.165, 1.54) is 25.7 Å². The Bertz CT molecular complexity index is 3540. The molecule has 5 nitrogen and oxygen atoms in total. The van der Waals surface area contributed by atoms with Crippen LogP contribution in [0.15, 0.2) is 185 Å². The summed E-state index contributed by atoms with van der Waals surface area (Å²) in [7, 11) is 0. The van der Waals surface area contributed by atoms with Crippen molar-refractivity contribution in [3.05, 3.63) is 176 Å². The number of nitrogens with zero attached hydrogens (tertiary/aromatic N) is 3. The Hall–Kier alpha value is -7.41. The van der Waals surface area contributed by atoms with Gasteiger partial charge in [0.05, 0.1) is 5.56 Å². The Morgan fingerprint density at radius 2 is 0.930 bits per heavy atom. The molecule has 4 aromatic heterocycles. The van der Waals surface area contributed by atoms with Crippen molar-refractivity contribution in [3.63, 3.8) is 0 Å². The van der Waals surface area contributed by atoms with Crippen LogP contribution in [0.5, 0.6) is 0 Å². The summed E-state index contributed by atoms with van der Waals surface area (Å²) < 4.78 is 15.7. The summed E-state index contributed by atoms with van der Waals surface area (Å²) in [6, 6.07) is 60.9. The van der Waals surface area contributed by atoms with Gasteiger partial charge in [0.1, 0.15) is 22.3 Å². The van der Waals surface area contributed by atoms with Crippen LogP contribution in [0.1, 0.15) is 0 Å². The van der Waals surface area contributed by atoms with Crippen LogP contribution >= 0.6 is 11.3 Å². The highest BCUT2D eigenvalue weighted by Crippen LogP contribution is 2.46. The molecule has 0 spiro atoms. The van der Waals surface area contributed by atoms with E-state index in [1.54, 1.807) is 0 Å². The topological polar surface area (TPSA) is 65.0 Å². The van der Waals surface area contributed by atoms with E-state index in [2.05, 4.69) is 133 Å². The monoisotopic (exact) mass is 747 g/mol. The van der Waals surface area contributed by atoms with Crippen LogP contribution in [-0.2, 0) is 0 Å². The summed E-state index contributed by atoms with van der Waals surface area (Å²) in [6.07, 6.45) is 0. The molecule has 0 aliphatic heterocycles. The van der Waals surface area contributed by atoms with Crippen molar-refractivity contribution in [1.29, 1.82) is 0 Å². The van der Waals surface area contributed by atoms with Crippen LogP contribution in [0.4, 0.5) is 0 Å². The van der Waals surface area contributed by atoms with Crippen LogP contribution in [0.25, 0.3) is 120 Å². The number of hydrogen-bond acceptors (Lipinski definition) is 6. The minimum absolute atomic E-state index is 0.527. The van der Waals surface area contributed by atoms with Gasteiger partial charge in [-0.1, -0.05) is 127 Å². The van der Waals surface area contributed by atoms with Crippen LogP contribution < -0.4 is 0 Å². The molecule has 0 saturated carbocycles. The van der Waals surface area contributed by atoms with Crippen LogP contribution in [0.2, 0.25) is 0 Å². The number of thiophene rings is 1. The molecule has 0 N–H and O–H groups in total. The summed E-state index contributed by atoms with van der Waals surface area (Å²) >= 11 is 1.82. The highest BCUT2D eigenvalue weighted by atomic mass is 32.1. The molecule has 0 unspecified atom stereocenters. The lowest BCUT2D eigenvalue weighted by molar-refractivity contribution is 0.668. The lowest BCUT2D eigenvalue weighted by Gasteiger charge is -2.12. The zero-order chi connectivity index (χ0) is 37.5. The zero-order valence-corrected chi connectivity index (χ0v) is 31.1. The van der Waals surface area contributed by atoms with Crippen molar-refractivity contribution in [2.45, 2.75) is 0 Å². The zero-order valence-electron chi connectivity index (χ0n) is 30.3. The number of benzene rings is 8. The van der Waals surface area contributed by atoms with Gasteiger partial charge in [0.15, 0.2) is 17.5 Å². The first-order valence-corrected chi connectivity index (χ1v) is 19.7. The lowest BCUT2D eigenvalue weighted by atomic mass is 9.94. The van der Waals surface area contributed by atoms with Crippen molar-refractivity contribution < 1.29 is 8.83 Å². The second-order valence-corrected chi connectivity index (χ2v) is 15.4. The Balaban J connectivity index is 1.11. The maximum atomic E-state index is 6.83. The minimum atomic E-state index is 0.527. The first-order valence-electron chi connectivity index (χ1n) is 18.9. The molecule has 0 bridgehead atoms. The molecule has 0 aliphatic rings. The van der Waals surface area contributed by atoms with Gasteiger partial charge in [-0.15, -0.1) is 11.3 Å². The second-order valence-electron chi connectivity index (χ2n) is 14.3. The molecule has 0 aliphatic carbocycles. The van der Waals surface area contributed by atoms with E-state index in [0.717, 1.165) is 77.3 Å². The van der Waals surface area contributed by atoms with Crippen molar-refractivity contribution >= 4 is 75.4 Å². The van der Waals surface area contributed by atoms with Gasteiger partial charge in [0.25, 0.3) is 0 Å². The van der Waals surface area contributed by atoms with Crippen molar-refractivity contribution in [3.8, 4) is 56.4 Å². The molecular formula is C51H29N3O2S. The van der Waals surface area contributed by atoms with Gasteiger partial charge in [0.2, 0.25) is 0 Å². The third-order valence-corrected chi connectivity index (χ3v) is 12.1. The summed E-state index contributed by atoms with van der Waals surface area (Å²) in [5, 5.41) is 6.70. The average molecular weight is 748 g/mol. The molecule has 8 aromatic carbocycles. The van der Waals surface area contributed by atoms with Crippen LogP contribution in [0.3, 0.4) is 0 Å². The number of furan rings is 2. The van der Waals surface area contributed by atoms with Gasteiger partial charge >= 0.3 is 0 Å². The van der Waals surface area contributed by atoms with Crippen LogP contribution in [0, 0.1) is 0 Å². The molecule has 57 heavy (non-hydrogen) atoms. The third kappa shape index (κ3) is 5.12. The molecule has 12 aromatic rings. The maximum Gasteiger partial charge on any atom is 0.167 e. The number of fused-ring (bicyclic) bond motifs is 9. The molecule has 6 heteroatoms. The van der Waals surface area contributed by atoms with Gasteiger partial charge in [-0.25, -0.2) is 15.0 Å². The Morgan fingerprint density at radius 3 is 1.79 bits per heavy atom. The number of hydrogen-bond donors (Lipinski definition) is 0. The summed E-state index contributed by atoms with van der Waals surface area (Å²) in [5.74, 6) is 1.64. The van der Waals surface area contributed by atoms with E-state index >= 15 is 0 Å². The van der Waals surface area contributed by atoms with Crippen LogP contribution in [-0.4, -0.2) is 15.0 Å². The first-order chi connectivity index (χ1) is 28.2. The van der Waals surface area contributed by atoms with E-state index in [4.69, 9.17) is 23.8 Å². The van der Waals surface area contributed by atoms with Gasteiger partial charge in [-0.3, -0.25) is 0 Å². The fourth-order valence-corrected chi connectivity index (χ4v) is 9.45. The Labute approximate surface area is 330 Å². The fourth-order valence-electron chi connectivity index (χ4n) is 8.32. The molecular weight excluding hydrogens is 719 g/mol. The van der Waals surface area contributed by atoms with Gasteiger partial charge < -0.3 is 8.83 Å². The number of para-hydroxylation sites is 2. The Morgan fingerprint density at radius 1 is 0.333 bits per heavy atom. The number of aromatic nitrogens is 3. The normalized spacial score (nSPS) is 11.9. The fraction of sp³-hybridized carbons (Fsp3) is 0. The molecule has 12 rings (SSSR count). The first kappa shape index (κ1) is 31.9. The summed E-state index contributed by atoms with van der Waals surface area (Å²) in [4.78, 5) is 15.6. The SMILES string of the molecule is c1ccc(-c2cccc(-c3nc(-c4ccc5c(c4)oc4ccccc45)nc(-c4ccc(-c5cccc6sc7ccccc7c56)c5c4oc4ccccc45)n3)c2)cc1. The van der Waals surface area contributed by atoms with E-state index in [-0.39, 0.29) is 0 Å². The number of rotatable bonds is 5. The van der Waals surface area contributed by atoms with E-state index < -0.39 is 0 Å². The third-order valence-electron chi connectivity index (χ3n) is 11.0. The predicted molar refractivity (Wildman–Crippen MR) is 234 cm³/mol. The molecule has 0 saturated heterocycles. The van der Waals surface area contributed by atoms with Gasteiger partial charge in [-0.05, 0) is 70.8 Å². The van der Waals surface area contributed by atoms with Crippen molar-refractivity contribution in [2.75, 3.05) is 0 Å². The van der Waals surface area contributed by atoms with Gasteiger partial charge in [-0.2, -0.15) is 0 Å². The molecule has 0 radical (unpaired) electrons. The highest BCUT2D eigenvalue weighted by molar-refractivity contribution is 7.25. The summed E-state index contributed by atoms with van der Waals surface area (Å²) in [5.41, 5.74) is 10.2. The molecule has 266 valence electrons. The van der Waals surface area contributed by atoms with E-state index in [9.17, 15) is 0 Å². The highest BCUT2D eigenvalue weighted by Gasteiger charge is 2.23. The summed E-state index contributed by atoms with van der Waals surface area (Å²) in [6.45, 7) is 0. The maximum absolute atomic E-state index is 6.83. The minimum Gasteiger partial charge on any atom is -0.456 e. The lowest BCUT2D eigenvalue weighted by Crippen LogP contribution is -2.00. The average Bonchev–Trinajstić information content (AvgIpc) is 3.98. The molecule has 4 heterocycles. The van der Waals surface area contributed by atoms with Gasteiger partial charge in [0, 0.05) is 52.8 Å². The Kier molecular flexibility index (Phi) is 7.03. The second kappa shape index (κ2) is 12.6. The molecule has 0 fully saturated rings. The largest absolute Gasteiger partial charge is 0.456 e.